The van der Waals surface area contributed by atoms with Crippen molar-refractivity contribution in [2.24, 2.45) is 5.92 Å². The predicted octanol–water partition coefficient (Wildman–Crippen LogP) is 3.56. The summed E-state index contributed by atoms with van der Waals surface area (Å²) in [5.41, 5.74) is 0.851. The number of urea groups is 1. The Morgan fingerprint density at radius 2 is 1.52 bits per heavy atom. The van der Waals surface area contributed by atoms with Gasteiger partial charge in [0.25, 0.3) is 0 Å². The normalized spacial score (nSPS) is 23.4. The molecule has 6 nitrogen and oxygen atoms in total. The zero-order valence-corrected chi connectivity index (χ0v) is 18.4. The number of hydrogen-bond donors (Lipinski definition) is 2. The Kier molecular flexibility index (Phi) is 6.88. The highest BCUT2D eigenvalue weighted by Crippen LogP contribution is 2.41. The zero-order valence-electron chi connectivity index (χ0n) is 18.4. The SMILES string of the molecule is CN1CCN(C(=O)[C@H]2C[C@@H](NC(=O)Nc3cc(F)cc(F)c3)C[C@@H]2c2ccc(F)cc2)CC1. The van der Waals surface area contributed by atoms with Gasteiger partial charge in [-0.15, -0.1) is 0 Å². The van der Waals surface area contributed by atoms with Gasteiger partial charge in [0.05, 0.1) is 0 Å². The van der Waals surface area contributed by atoms with Gasteiger partial charge >= 0.3 is 6.03 Å². The van der Waals surface area contributed by atoms with Crippen LogP contribution in [0.1, 0.15) is 24.3 Å². The summed E-state index contributed by atoms with van der Waals surface area (Å²) in [6.07, 6.45) is 0.929. The molecular formula is C24H27F3N4O2. The number of nitrogens with zero attached hydrogens (tertiary/aromatic N) is 2. The Bertz CT molecular complexity index is 989. The lowest BCUT2D eigenvalue weighted by molar-refractivity contribution is -0.137. The van der Waals surface area contributed by atoms with Crippen molar-refractivity contribution in [3.05, 3.63) is 65.5 Å². The van der Waals surface area contributed by atoms with Gasteiger partial charge in [0.2, 0.25) is 5.91 Å². The Hall–Kier alpha value is -3.07. The van der Waals surface area contributed by atoms with Crippen molar-refractivity contribution in [3.63, 3.8) is 0 Å². The van der Waals surface area contributed by atoms with Crippen LogP contribution in [0.5, 0.6) is 0 Å². The molecule has 1 aliphatic carbocycles. The van der Waals surface area contributed by atoms with Crippen molar-refractivity contribution in [2.75, 3.05) is 38.5 Å². The smallest absolute Gasteiger partial charge is 0.319 e. The maximum Gasteiger partial charge on any atom is 0.319 e. The molecule has 2 fully saturated rings. The van der Waals surface area contributed by atoms with Crippen LogP contribution in [0.2, 0.25) is 0 Å². The molecule has 0 aromatic heterocycles. The van der Waals surface area contributed by atoms with Crippen LogP contribution in [0.3, 0.4) is 0 Å². The second-order valence-electron chi connectivity index (χ2n) is 8.82. The molecule has 9 heteroatoms. The van der Waals surface area contributed by atoms with E-state index in [9.17, 15) is 22.8 Å². The number of piperazine rings is 1. The van der Waals surface area contributed by atoms with Gasteiger partial charge in [0, 0.05) is 49.9 Å². The molecule has 1 aliphatic heterocycles. The lowest BCUT2D eigenvalue weighted by atomic mass is 9.88. The lowest BCUT2D eigenvalue weighted by Crippen LogP contribution is -2.49. The predicted molar refractivity (Wildman–Crippen MR) is 118 cm³/mol. The van der Waals surface area contributed by atoms with Gasteiger partial charge in [-0.2, -0.15) is 0 Å². The van der Waals surface area contributed by atoms with Gasteiger partial charge in [-0.3, -0.25) is 4.79 Å². The molecule has 33 heavy (non-hydrogen) atoms. The van der Waals surface area contributed by atoms with E-state index < -0.39 is 17.7 Å². The molecule has 2 aliphatic rings. The first-order chi connectivity index (χ1) is 15.8. The Balaban J connectivity index is 1.47. The highest BCUT2D eigenvalue weighted by Gasteiger charge is 2.42. The van der Waals surface area contributed by atoms with Crippen molar-refractivity contribution >= 4 is 17.6 Å². The Morgan fingerprint density at radius 1 is 0.879 bits per heavy atom. The summed E-state index contributed by atoms with van der Waals surface area (Å²) in [4.78, 5) is 29.9. The molecule has 0 unspecified atom stereocenters. The van der Waals surface area contributed by atoms with Crippen LogP contribution in [-0.4, -0.2) is 61.0 Å². The first-order valence-corrected chi connectivity index (χ1v) is 11.0. The van der Waals surface area contributed by atoms with E-state index in [0.717, 1.165) is 36.9 Å². The van der Waals surface area contributed by atoms with Gasteiger partial charge < -0.3 is 20.4 Å². The number of benzene rings is 2. The van der Waals surface area contributed by atoms with Crippen LogP contribution in [-0.2, 0) is 4.79 Å². The van der Waals surface area contributed by atoms with E-state index in [-0.39, 0.29) is 35.3 Å². The van der Waals surface area contributed by atoms with E-state index in [4.69, 9.17) is 0 Å². The van der Waals surface area contributed by atoms with Crippen LogP contribution in [0.4, 0.5) is 23.7 Å². The molecule has 0 spiro atoms. The highest BCUT2D eigenvalue weighted by molar-refractivity contribution is 5.89. The number of nitrogens with one attached hydrogen (secondary N) is 2. The maximum atomic E-state index is 13.5. The fourth-order valence-corrected chi connectivity index (χ4v) is 4.75. The second kappa shape index (κ2) is 9.82. The number of halogens is 3. The molecule has 3 atom stereocenters. The van der Waals surface area contributed by atoms with Crippen molar-refractivity contribution < 1.29 is 22.8 Å². The molecule has 2 aromatic carbocycles. The molecule has 2 N–H and O–H groups in total. The second-order valence-corrected chi connectivity index (χ2v) is 8.82. The third-order valence-electron chi connectivity index (χ3n) is 6.45. The number of rotatable bonds is 4. The van der Waals surface area contributed by atoms with Crippen LogP contribution in [0.25, 0.3) is 0 Å². The first-order valence-electron chi connectivity index (χ1n) is 11.0. The Morgan fingerprint density at radius 3 is 2.15 bits per heavy atom. The van der Waals surface area contributed by atoms with Crippen molar-refractivity contribution in [1.29, 1.82) is 0 Å². The third-order valence-corrected chi connectivity index (χ3v) is 6.45. The van der Waals surface area contributed by atoms with Gasteiger partial charge in [0.1, 0.15) is 17.5 Å². The molecule has 0 bridgehead atoms. The lowest BCUT2D eigenvalue weighted by Gasteiger charge is -2.35. The minimum atomic E-state index is -0.791. The molecule has 176 valence electrons. The monoisotopic (exact) mass is 460 g/mol. The van der Waals surface area contributed by atoms with Crippen molar-refractivity contribution in [2.45, 2.75) is 24.8 Å². The maximum absolute atomic E-state index is 13.5. The quantitative estimate of drug-likeness (QED) is 0.734. The summed E-state index contributed by atoms with van der Waals surface area (Å²) < 4.78 is 40.3. The van der Waals surface area contributed by atoms with Crippen LogP contribution < -0.4 is 10.6 Å². The van der Waals surface area contributed by atoms with E-state index in [2.05, 4.69) is 15.5 Å². The average molecular weight is 461 g/mol. The first kappa shape index (κ1) is 23.1. The molecule has 1 saturated heterocycles. The number of likely N-dealkylation sites (N-methyl/N-ethyl adjacent to an activating group) is 1. The summed E-state index contributed by atoms with van der Waals surface area (Å²) in [5, 5.41) is 5.27. The molecule has 4 rings (SSSR count). The Labute approximate surface area is 190 Å². The van der Waals surface area contributed by atoms with Crippen LogP contribution in [0.15, 0.2) is 42.5 Å². The third kappa shape index (κ3) is 5.65. The fraction of sp³-hybridized carbons (Fsp3) is 0.417. The van der Waals surface area contributed by atoms with Gasteiger partial charge in [-0.1, -0.05) is 12.1 Å². The van der Waals surface area contributed by atoms with Crippen molar-refractivity contribution in [1.82, 2.24) is 15.1 Å². The molecule has 1 heterocycles. The molecule has 3 amide bonds. The van der Waals surface area contributed by atoms with E-state index >= 15 is 0 Å². The van der Waals surface area contributed by atoms with Crippen LogP contribution in [0, 0.1) is 23.4 Å². The van der Waals surface area contributed by atoms with E-state index in [1.165, 1.54) is 12.1 Å². The van der Waals surface area contributed by atoms with Crippen LogP contribution >= 0.6 is 0 Å². The summed E-state index contributed by atoms with van der Waals surface area (Å²) in [5.74, 6) is -2.42. The van der Waals surface area contributed by atoms with E-state index in [0.29, 0.717) is 25.9 Å². The average Bonchev–Trinajstić information content (AvgIpc) is 3.17. The summed E-state index contributed by atoms with van der Waals surface area (Å²) >= 11 is 0. The fourth-order valence-electron chi connectivity index (χ4n) is 4.75. The van der Waals surface area contributed by atoms with Crippen molar-refractivity contribution in [3.8, 4) is 0 Å². The summed E-state index contributed by atoms with van der Waals surface area (Å²) in [6.45, 7) is 2.89. The minimum absolute atomic E-state index is 0.00291. The molecular weight excluding hydrogens is 433 g/mol. The number of carbonyl (C=O) groups excluding carboxylic acids is 2. The number of hydrogen-bond acceptors (Lipinski definition) is 3. The summed E-state index contributed by atoms with van der Waals surface area (Å²) in [6, 6.07) is 7.97. The number of anilines is 1. The van der Waals surface area contributed by atoms with E-state index in [1.54, 1.807) is 12.1 Å². The molecule has 1 saturated carbocycles. The molecule has 2 aromatic rings. The standard InChI is InChI=1S/C24H27F3N4O2/c1-30-6-8-31(9-7-30)23(32)22-14-20(13-21(22)15-2-4-16(25)5-3-15)29-24(33)28-19-11-17(26)10-18(27)12-19/h2-5,10-12,20-22H,6-9,13-14H2,1H3,(H2,28,29,33)/t20-,21+,22-/m0/s1. The number of amides is 3. The minimum Gasteiger partial charge on any atom is -0.340 e. The highest BCUT2D eigenvalue weighted by atomic mass is 19.1. The van der Waals surface area contributed by atoms with E-state index in [1.807, 2.05) is 11.9 Å². The summed E-state index contributed by atoms with van der Waals surface area (Å²) in [7, 11) is 2.02. The van der Waals surface area contributed by atoms with Gasteiger partial charge in [-0.25, -0.2) is 18.0 Å². The zero-order chi connectivity index (χ0) is 23.5. The molecule has 0 radical (unpaired) electrons. The number of carbonyl (C=O) groups is 2. The van der Waals surface area contributed by atoms with Gasteiger partial charge in [0.15, 0.2) is 0 Å². The topological polar surface area (TPSA) is 64.7 Å². The largest absolute Gasteiger partial charge is 0.340 e. The van der Waals surface area contributed by atoms with Gasteiger partial charge in [-0.05, 0) is 55.6 Å².